The quantitative estimate of drug-likeness (QED) is 0.0708. The molecular formula is C95H102N4OS4+4. The smallest absolute Gasteiger partial charge is 0.171 e. The summed E-state index contributed by atoms with van der Waals surface area (Å²) in [6.07, 6.45) is 12.2. The van der Waals surface area contributed by atoms with Gasteiger partial charge < -0.3 is 4.74 Å². The van der Waals surface area contributed by atoms with Crippen molar-refractivity contribution in [3.63, 3.8) is 0 Å². The van der Waals surface area contributed by atoms with Crippen LogP contribution in [0.15, 0.2) is 398 Å². The number of nitrogens with zero attached hydrogens (tertiary/aromatic N) is 4. The van der Waals surface area contributed by atoms with Crippen molar-refractivity contribution in [1.29, 1.82) is 0 Å². The molecule has 0 radical (unpaired) electrons. The summed E-state index contributed by atoms with van der Waals surface area (Å²) < 4.78 is 5.45. The number of hydrogen-bond acceptors (Lipinski definition) is 5. The van der Waals surface area contributed by atoms with Crippen LogP contribution < -0.4 is 0 Å². The van der Waals surface area contributed by atoms with Gasteiger partial charge in [0.2, 0.25) is 0 Å². The van der Waals surface area contributed by atoms with Crippen LogP contribution in [0.5, 0.6) is 0 Å². The summed E-state index contributed by atoms with van der Waals surface area (Å²) in [5.41, 5.74) is 5.72. The second-order valence-corrected chi connectivity index (χ2v) is 35.2. The van der Waals surface area contributed by atoms with Crippen LogP contribution in [0.1, 0.15) is 80.0 Å². The second-order valence-electron chi connectivity index (χ2n) is 27.2. The lowest BCUT2D eigenvalue weighted by molar-refractivity contribution is 0.0342. The van der Waals surface area contributed by atoms with Crippen molar-refractivity contribution in [3.05, 3.63) is 362 Å². The van der Waals surface area contributed by atoms with Gasteiger partial charge in [-0.25, -0.2) is 0 Å². The van der Waals surface area contributed by atoms with Crippen molar-refractivity contribution in [3.8, 4) is 0 Å². The van der Waals surface area contributed by atoms with Gasteiger partial charge in [0.15, 0.2) is 58.7 Å². The van der Waals surface area contributed by atoms with Gasteiger partial charge in [-0.2, -0.15) is 0 Å². The molecule has 4 aliphatic heterocycles. The molecule has 9 heteroatoms. The van der Waals surface area contributed by atoms with Crippen molar-refractivity contribution < 1.29 is 4.74 Å². The molecule has 0 bridgehead atoms. The first-order valence-electron chi connectivity index (χ1n) is 37.8. The average molecular weight is 1440 g/mol. The van der Waals surface area contributed by atoms with Crippen molar-refractivity contribution in [2.75, 3.05) is 65.6 Å². The van der Waals surface area contributed by atoms with Gasteiger partial charge in [0, 0.05) is 44.8 Å². The Hall–Kier alpha value is -8.16. The lowest BCUT2D eigenvalue weighted by atomic mass is 10.1. The molecule has 0 N–H and O–H groups in total. The van der Waals surface area contributed by atoms with Gasteiger partial charge in [-0.15, -0.1) is 0 Å². The number of hydrogen-bond donors (Lipinski definition) is 0. The van der Waals surface area contributed by atoms with E-state index >= 15 is 0 Å². The zero-order valence-electron chi connectivity index (χ0n) is 60.4. The largest absolute Gasteiger partial charge is 0.379 e. The van der Waals surface area contributed by atoms with Crippen molar-refractivity contribution >= 4 is 43.6 Å². The first-order chi connectivity index (χ1) is 51.6. The predicted molar refractivity (Wildman–Crippen MR) is 439 cm³/mol. The Kier molecular flexibility index (Phi) is 28.8. The maximum Gasteiger partial charge on any atom is 0.171 e. The monoisotopic (exact) mass is 1440 g/mol. The van der Waals surface area contributed by atoms with Crippen LogP contribution in [0.25, 0.3) is 0 Å². The van der Waals surface area contributed by atoms with E-state index in [9.17, 15) is 0 Å². The zero-order chi connectivity index (χ0) is 70.4. The van der Waals surface area contributed by atoms with Gasteiger partial charge in [0.05, 0.1) is 56.8 Å². The Morgan fingerprint density at radius 2 is 0.462 bits per heavy atom. The summed E-state index contributed by atoms with van der Waals surface area (Å²) in [6.45, 7) is 15.5. The summed E-state index contributed by atoms with van der Waals surface area (Å²) in [5.74, 6) is 0. The minimum atomic E-state index is -0.0632. The first-order valence-corrected chi connectivity index (χ1v) is 42.7. The van der Waals surface area contributed by atoms with E-state index < -0.39 is 0 Å². The molecule has 0 unspecified atom stereocenters. The van der Waals surface area contributed by atoms with E-state index in [1.54, 1.807) is 0 Å². The number of piperidine rings is 3. The molecule has 0 atom stereocenters. The summed E-state index contributed by atoms with van der Waals surface area (Å²) in [7, 11) is -0.214. The van der Waals surface area contributed by atoms with E-state index in [0.717, 1.165) is 52.5 Å². The molecule has 12 aromatic carbocycles. The molecule has 5 nitrogen and oxygen atoms in total. The van der Waals surface area contributed by atoms with Crippen LogP contribution in [0, 0.1) is 0 Å². The predicted octanol–water partition coefficient (Wildman–Crippen LogP) is 21.9. The molecule has 0 aromatic heterocycles. The highest BCUT2D eigenvalue weighted by atomic mass is 32.2. The van der Waals surface area contributed by atoms with Gasteiger partial charge in [-0.05, 0) is 234 Å². The van der Waals surface area contributed by atoms with Crippen LogP contribution in [0.3, 0.4) is 0 Å². The highest BCUT2D eigenvalue weighted by molar-refractivity contribution is 7.98. The van der Waals surface area contributed by atoms with Gasteiger partial charge in [0.1, 0.15) is 0 Å². The molecule has 12 aromatic rings. The third-order valence-electron chi connectivity index (χ3n) is 19.5. The first kappa shape index (κ1) is 74.1. The van der Waals surface area contributed by atoms with Gasteiger partial charge in [0.25, 0.3) is 0 Å². The van der Waals surface area contributed by atoms with E-state index in [-0.39, 0.29) is 43.6 Å². The molecule has 4 fully saturated rings. The number of morpholine rings is 1. The molecule has 0 aliphatic carbocycles. The number of benzene rings is 12. The summed E-state index contributed by atoms with van der Waals surface area (Å²) in [4.78, 5) is 27.0. The SMILES string of the molecule is c1ccc([S+](c2ccccc2)c2ccc(CN3CCCCC3)cc2)cc1.c1ccc([S+](c2ccccc2)c2ccc(CN3CCOCC3)cc2)cc1.c1ccc([S+](c2ccccc2)c2cccc(CN3CCCCC3)c2)cc1.c1ccc([S+](c2ccccc2)c2ccccc2CN2CCCCC2)cc1. The Labute approximate surface area is 633 Å². The minimum absolute atomic E-state index is 0.0432. The molecule has 4 saturated heterocycles. The number of ether oxygens (including phenoxy) is 1. The second kappa shape index (κ2) is 40.4. The summed E-state index contributed by atoms with van der Waals surface area (Å²) in [6, 6.07) is 124. The van der Waals surface area contributed by atoms with Crippen molar-refractivity contribution in [2.45, 2.75) is 143 Å². The standard InChI is InChI=1S/3C24H26NS.C23H24NOS/c1-4-13-22(14-5-1)26(23-15-6-2-7-16-23)24-17-9-8-12-21(24)20-25-18-10-3-11-19-25;1-4-12-22(13-5-1)26(23-14-6-2-7-15-23)24-16-10-11-21(19-24)20-25-17-8-3-9-18-25;1-4-10-22(11-5-1)26(23-12-6-2-7-13-23)24-16-14-21(15-17-24)20-25-18-8-3-9-19-25;1-3-7-21(8-4-1)26(22-9-5-2-6-10-22)23-13-11-20(12-14-23)19-24-15-17-25-18-16-24/h1-2,4-9,12-17H,3,10-11,18-20H2;1-2,4-7,10-16,19H,3,8-9,17-18,20H2;1-2,4-7,10-17H,3,8-9,18-20H2;1-14H,15-19H2/q4*+1. The molecule has 0 spiro atoms. The highest BCUT2D eigenvalue weighted by Gasteiger charge is 2.34. The van der Waals surface area contributed by atoms with Crippen LogP contribution >= 0.6 is 0 Å². The van der Waals surface area contributed by atoms with E-state index in [0.29, 0.717) is 0 Å². The molecule has 16 rings (SSSR count). The van der Waals surface area contributed by atoms with Gasteiger partial charge in [-0.3, -0.25) is 19.6 Å². The molecule has 104 heavy (non-hydrogen) atoms. The van der Waals surface area contributed by atoms with Crippen LogP contribution in [0.2, 0.25) is 0 Å². The van der Waals surface area contributed by atoms with Gasteiger partial charge in [-0.1, -0.05) is 219 Å². The topological polar surface area (TPSA) is 22.2 Å². The number of likely N-dealkylation sites (tertiary alicyclic amines) is 3. The third kappa shape index (κ3) is 21.8. The van der Waals surface area contributed by atoms with Crippen LogP contribution in [-0.2, 0) is 74.5 Å². The third-order valence-corrected chi connectivity index (χ3v) is 28.5. The Bertz CT molecular complexity index is 4050. The fourth-order valence-corrected chi connectivity index (χ4v) is 22.8. The fourth-order valence-electron chi connectivity index (χ4n) is 14.3. The lowest BCUT2D eigenvalue weighted by Gasteiger charge is -2.26. The van der Waals surface area contributed by atoms with E-state index in [2.05, 4.69) is 359 Å². The van der Waals surface area contributed by atoms with Crippen molar-refractivity contribution in [2.24, 2.45) is 0 Å². The molecule has 528 valence electrons. The Balaban J connectivity index is 0.000000123. The Morgan fingerprint density at radius 3 is 0.808 bits per heavy atom. The number of rotatable bonds is 20. The summed E-state index contributed by atoms with van der Waals surface area (Å²) in [5, 5.41) is 0. The van der Waals surface area contributed by atoms with Crippen molar-refractivity contribution in [1.82, 2.24) is 19.6 Å². The molecular weight excluding hydrogens is 1340 g/mol. The average Bonchev–Trinajstić information content (AvgIpc) is 0.814. The van der Waals surface area contributed by atoms with Gasteiger partial charge >= 0.3 is 0 Å². The van der Waals surface area contributed by atoms with E-state index in [4.69, 9.17) is 4.74 Å². The molecule has 4 heterocycles. The lowest BCUT2D eigenvalue weighted by Crippen LogP contribution is -2.35. The summed E-state index contributed by atoms with van der Waals surface area (Å²) >= 11 is 0. The molecule has 0 saturated carbocycles. The Morgan fingerprint density at radius 1 is 0.202 bits per heavy atom. The maximum absolute atomic E-state index is 5.45. The fraction of sp³-hybridized carbons (Fsp3) is 0.242. The maximum atomic E-state index is 5.45. The van der Waals surface area contributed by atoms with Crippen LogP contribution in [0.4, 0.5) is 0 Å². The normalized spacial score (nSPS) is 15.3. The highest BCUT2D eigenvalue weighted by Crippen LogP contribution is 2.37. The van der Waals surface area contributed by atoms with Crippen LogP contribution in [-0.4, -0.2) is 85.2 Å². The van der Waals surface area contributed by atoms with E-state index in [1.165, 1.54) is 178 Å². The zero-order valence-corrected chi connectivity index (χ0v) is 63.7. The van der Waals surface area contributed by atoms with E-state index in [1.807, 2.05) is 0 Å². The minimum Gasteiger partial charge on any atom is -0.379 e. The molecule has 0 amide bonds. The molecule has 4 aliphatic rings.